The van der Waals surface area contributed by atoms with Crippen molar-refractivity contribution in [1.29, 1.82) is 0 Å². The van der Waals surface area contributed by atoms with Gasteiger partial charge in [0.2, 0.25) is 11.7 Å². The summed E-state index contributed by atoms with van der Waals surface area (Å²) in [4.78, 5) is 23.7. The quantitative estimate of drug-likeness (QED) is 0.647. The predicted octanol–water partition coefficient (Wildman–Crippen LogP) is 2.44. The summed E-state index contributed by atoms with van der Waals surface area (Å²) in [5.74, 6) is -0.438. The Bertz CT molecular complexity index is 582. The molecule has 0 aliphatic heterocycles. The van der Waals surface area contributed by atoms with Crippen LogP contribution in [0.3, 0.4) is 0 Å². The maximum Gasteiger partial charge on any atom is 0.218 e. The smallest absolute Gasteiger partial charge is 0.218 e. The molecular formula is C16H16N2O2. The lowest BCUT2D eigenvalue weighted by Crippen LogP contribution is -2.45. The maximum atomic E-state index is 12.4. The molecule has 0 saturated carbocycles. The SMILES string of the molecule is CC(=O)NC(Nc1ccccc1)C(=O)c1ccccc1. The number of nitrogens with one attached hydrogen (secondary N) is 2. The van der Waals surface area contributed by atoms with Gasteiger partial charge in [0.25, 0.3) is 0 Å². The molecule has 1 unspecified atom stereocenters. The first kappa shape index (κ1) is 13.8. The van der Waals surface area contributed by atoms with Gasteiger partial charge >= 0.3 is 0 Å². The summed E-state index contributed by atoms with van der Waals surface area (Å²) in [6.07, 6.45) is -0.780. The van der Waals surface area contributed by atoms with Gasteiger partial charge in [-0.25, -0.2) is 0 Å². The van der Waals surface area contributed by atoms with Crippen LogP contribution in [-0.2, 0) is 4.79 Å². The summed E-state index contributed by atoms with van der Waals surface area (Å²) in [6, 6.07) is 18.2. The lowest BCUT2D eigenvalue weighted by Gasteiger charge is -2.19. The third-order valence-electron chi connectivity index (χ3n) is 2.75. The van der Waals surface area contributed by atoms with Crippen molar-refractivity contribution in [2.24, 2.45) is 0 Å². The summed E-state index contributed by atoms with van der Waals surface area (Å²) in [5.41, 5.74) is 1.32. The van der Waals surface area contributed by atoms with Crippen LogP contribution in [0.5, 0.6) is 0 Å². The van der Waals surface area contributed by atoms with Gasteiger partial charge in [-0.3, -0.25) is 9.59 Å². The van der Waals surface area contributed by atoms with Crippen LogP contribution in [0.15, 0.2) is 60.7 Å². The van der Waals surface area contributed by atoms with Crippen molar-refractivity contribution in [3.8, 4) is 0 Å². The lowest BCUT2D eigenvalue weighted by molar-refractivity contribution is -0.119. The summed E-state index contributed by atoms with van der Waals surface area (Å²) in [7, 11) is 0. The fourth-order valence-electron chi connectivity index (χ4n) is 1.84. The van der Waals surface area contributed by atoms with Crippen molar-refractivity contribution < 1.29 is 9.59 Å². The molecule has 0 bridgehead atoms. The summed E-state index contributed by atoms with van der Waals surface area (Å²) in [5, 5.41) is 5.65. The summed E-state index contributed by atoms with van der Waals surface area (Å²) in [6.45, 7) is 1.39. The highest BCUT2D eigenvalue weighted by Crippen LogP contribution is 2.10. The molecule has 0 heterocycles. The van der Waals surface area contributed by atoms with Crippen molar-refractivity contribution in [3.05, 3.63) is 66.2 Å². The number of rotatable bonds is 5. The fraction of sp³-hybridized carbons (Fsp3) is 0.125. The minimum Gasteiger partial charge on any atom is -0.359 e. The third kappa shape index (κ3) is 3.68. The molecule has 0 aromatic heterocycles. The lowest BCUT2D eigenvalue weighted by atomic mass is 10.1. The molecule has 2 aromatic carbocycles. The minimum absolute atomic E-state index is 0.176. The molecule has 4 nitrogen and oxygen atoms in total. The Labute approximate surface area is 117 Å². The largest absolute Gasteiger partial charge is 0.359 e. The zero-order valence-electron chi connectivity index (χ0n) is 11.2. The van der Waals surface area contributed by atoms with E-state index in [4.69, 9.17) is 0 Å². The second-order valence-electron chi connectivity index (χ2n) is 4.37. The standard InChI is InChI=1S/C16H16N2O2/c1-12(19)17-16(18-14-10-6-3-7-11-14)15(20)13-8-4-2-5-9-13/h2-11,16,18H,1H3,(H,17,19). The number of benzene rings is 2. The van der Waals surface area contributed by atoms with Gasteiger partial charge in [-0.1, -0.05) is 48.5 Å². The molecule has 2 aromatic rings. The highest BCUT2D eigenvalue weighted by Gasteiger charge is 2.20. The Morgan fingerprint density at radius 3 is 2.00 bits per heavy atom. The number of carbonyl (C=O) groups excluding carboxylic acids is 2. The number of anilines is 1. The van der Waals surface area contributed by atoms with Gasteiger partial charge in [0, 0.05) is 18.2 Å². The van der Waals surface area contributed by atoms with Crippen LogP contribution < -0.4 is 10.6 Å². The molecule has 102 valence electrons. The Hall–Kier alpha value is -2.62. The number of Topliss-reactive ketones (excluding diaryl/α,β-unsaturated/α-hetero) is 1. The number of ketones is 1. The van der Waals surface area contributed by atoms with Gasteiger partial charge in [0.15, 0.2) is 6.17 Å². The molecule has 4 heteroatoms. The second-order valence-corrected chi connectivity index (χ2v) is 4.37. The molecular weight excluding hydrogens is 252 g/mol. The van der Waals surface area contributed by atoms with Gasteiger partial charge in [0.1, 0.15) is 0 Å². The Morgan fingerprint density at radius 2 is 1.45 bits per heavy atom. The molecule has 0 saturated heterocycles. The molecule has 1 amide bonds. The Morgan fingerprint density at radius 1 is 0.900 bits per heavy atom. The molecule has 0 aliphatic carbocycles. The van der Waals surface area contributed by atoms with Crippen LogP contribution in [0.25, 0.3) is 0 Å². The molecule has 0 fully saturated rings. The van der Waals surface area contributed by atoms with Crippen LogP contribution in [0.4, 0.5) is 5.69 Å². The predicted molar refractivity (Wildman–Crippen MR) is 78.4 cm³/mol. The van der Waals surface area contributed by atoms with Crippen molar-refractivity contribution in [1.82, 2.24) is 5.32 Å². The maximum absolute atomic E-state index is 12.4. The van der Waals surface area contributed by atoms with E-state index in [1.807, 2.05) is 36.4 Å². The minimum atomic E-state index is -0.780. The van der Waals surface area contributed by atoms with E-state index in [1.54, 1.807) is 24.3 Å². The van der Waals surface area contributed by atoms with Crippen molar-refractivity contribution in [3.63, 3.8) is 0 Å². The van der Waals surface area contributed by atoms with E-state index in [0.717, 1.165) is 5.69 Å². The highest BCUT2D eigenvalue weighted by atomic mass is 16.2. The van der Waals surface area contributed by atoms with Gasteiger partial charge in [-0.2, -0.15) is 0 Å². The average Bonchev–Trinajstić information content (AvgIpc) is 2.47. The number of amides is 1. The monoisotopic (exact) mass is 268 g/mol. The number of hydrogen-bond donors (Lipinski definition) is 2. The van der Waals surface area contributed by atoms with Gasteiger partial charge in [0.05, 0.1) is 0 Å². The number of carbonyl (C=O) groups is 2. The molecule has 0 radical (unpaired) electrons. The van der Waals surface area contributed by atoms with E-state index in [9.17, 15) is 9.59 Å². The topological polar surface area (TPSA) is 58.2 Å². The van der Waals surface area contributed by atoms with Crippen LogP contribution in [0.1, 0.15) is 17.3 Å². The first-order valence-corrected chi connectivity index (χ1v) is 6.35. The number of para-hydroxylation sites is 1. The van der Waals surface area contributed by atoms with Gasteiger partial charge in [-0.05, 0) is 12.1 Å². The highest BCUT2D eigenvalue weighted by molar-refractivity contribution is 6.03. The Balaban J connectivity index is 2.19. The molecule has 2 rings (SSSR count). The molecule has 0 spiro atoms. The van der Waals surface area contributed by atoms with Crippen LogP contribution >= 0.6 is 0 Å². The fourth-order valence-corrected chi connectivity index (χ4v) is 1.84. The van der Waals surface area contributed by atoms with Crippen molar-refractivity contribution in [2.45, 2.75) is 13.1 Å². The van der Waals surface area contributed by atoms with E-state index in [-0.39, 0.29) is 11.7 Å². The van der Waals surface area contributed by atoms with E-state index in [1.165, 1.54) is 6.92 Å². The van der Waals surface area contributed by atoms with Crippen molar-refractivity contribution in [2.75, 3.05) is 5.32 Å². The molecule has 2 N–H and O–H groups in total. The number of hydrogen-bond acceptors (Lipinski definition) is 3. The van der Waals surface area contributed by atoms with Crippen molar-refractivity contribution >= 4 is 17.4 Å². The first-order chi connectivity index (χ1) is 9.66. The molecule has 0 aliphatic rings. The van der Waals surface area contributed by atoms with E-state index in [0.29, 0.717) is 5.56 Å². The molecule has 20 heavy (non-hydrogen) atoms. The molecule has 1 atom stereocenters. The zero-order valence-corrected chi connectivity index (χ0v) is 11.2. The normalized spacial score (nSPS) is 11.4. The Kier molecular flexibility index (Phi) is 4.50. The van der Waals surface area contributed by atoms with Gasteiger partial charge < -0.3 is 10.6 Å². The van der Waals surface area contributed by atoms with Gasteiger partial charge in [-0.15, -0.1) is 0 Å². The van der Waals surface area contributed by atoms with E-state index >= 15 is 0 Å². The van der Waals surface area contributed by atoms with E-state index < -0.39 is 6.17 Å². The van der Waals surface area contributed by atoms with Crippen LogP contribution in [0.2, 0.25) is 0 Å². The van der Waals surface area contributed by atoms with Crippen LogP contribution in [0, 0.1) is 0 Å². The van der Waals surface area contributed by atoms with Crippen LogP contribution in [-0.4, -0.2) is 17.9 Å². The second kappa shape index (κ2) is 6.52. The first-order valence-electron chi connectivity index (χ1n) is 6.35. The summed E-state index contributed by atoms with van der Waals surface area (Å²) >= 11 is 0. The average molecular weight is 268 g/mol. The third-order valence-corrected chi connectivity index (χ3v) is 2.75. The zero-order chi connectivity index (χ0) is 14.4. The van der Waals surface area contributed by atoms with E-state index in [2.05, 4.69) is 10.6 Å². The summed E-state index contributed by atoms with van der Waals surface area (Å²) < 4.78 is 0.